The molecule has 2 bridgehead atoms. The Kier molecular flexibility index (Phi) is 2.44. The van der Waals surface area contributed by atoms with Crippen LogP contribution < -0.4 is 5.73 Å². The fraction of sp³-hybridized carbons (Fsp3) is 0.786. The predicted molar refractivity (Wildman–Crippen MR) is 73.8 cm³/mol. The van der Waals surface area contributed by atoms with Gasteiger partial charge in [0.05, 0.1) is 22.4 Å². The fourth-order valence-corrected chi connectivity index (χ4v) is 5.57. The molecule has 3 aliphatic carbocycles. The average molecular weight is 310 g/mol. The molecule has 3 saturated carbocycles. The van der Waals surface area contributed by atoms with Gasteiger partial charge in [0, 0.05) is 6.54 Å². The van der Waals surface area contributed by atoms with Gasteiger partial charge in [-0.3, -0.25) is 4.68 Å². The summed E-state index contributed by atoms with van der Waals surface area (Å²) >= 11 is 3.62. The van der Waals surface area contributed by atoms with Gasteiger partial charge in [0.1, 0.15) is 0 Å². The van der Waals surface area contributed by atoms with Crippen molar-refractivity contribution in [3.05, 3.63) is 16.4 Å². The first-order valence-corrected chi connectivity index (χ1v) is 7.98. The zero-order valence-electron chi connectivity index (χ0n) is 10.7. The van der Waals surface area contributed by atoms with Crippen LogP contribution in [0.15, 0.2) is 10.7 Å². The summed E-state index contributed by atoms with van der Waals surface area (Å²) in [5.74, 6) is 4.59. The first-order valence-electron chi connectivity index (χ1n) is 7.19. The van der Waals surface area contributed by atoms with Crippen molar-refractivity contribution in [1.82, 2.24) is 9.78 Å². The topological polar surface area (TPSA) is 43.8 Å². The molecule has 0 spiro atoms. The Bertz CT molecular complexity index is 467. The van der Waals surface area contributed by atoms with Gasteiger partial charge in [-0.25, -0.2) is 0 Å². The zero-order valence-corrected chi connectivity index (χ0v) is 12.3. The van der Waals surface area contributed by atoms with E-state index in [1.54, 1.807) is 0 Å². The van der Waals surface area contributed by atoms with E-state index in [0.29, 0.717) is 0 Å². The summed E-state index contributed by atoms with van der Waals surface area (Å²) < 4.78 is 3.15. The average Bonchev–Trinajstić information content (AvgIpc) is 2.71. The minimum Gasteiger partial charge on any atom is -0.322 e. The van der Waals surface area contributed by atoms with Crippen LogP contribution in [0.1, 0.15) is 37.9 Å². The molecular formula is C14H20BrN3. The predicted octanol–water partition coefficient (Wildman–Crippen LogP) is 2.96. The Labute approximate surface area is 116 Å². The zero-order chi connectivity index (χ0) is 12.4. The normalized spacial score (nSPS) is 42.1. The molecule has 4 rings (SSSR count). The van der Waals surface area contributed by atoms with Gasteiger partial charge in [-0.05, 0) is 71.7 Å². The molecule has 0 radical (unpaired) electrons. The summed E-state index contributed by atoms with van der Waals surface area (Å²) in [7, 11) is 0. The van der Waals surface area contributed by atoms with E-state index in [1.165, 1.54) is 25.0 Å². The van der Waals surface area contributed by atoms with Gasteiger partial charge in [0.2, 0.25) is 0 Å². The molecular weight excluding hydrogens is 290 g/mol. The molecule has 1 heterocycles. The van der Waals surface area contributed by atoms with E-state index in [4.69, 9.17) is 5.73 Å². The molecule has 5 unspecified atom stereocenters. The van der Waals surface area contributed by atoms with E-state index in [0.717, 1.165) is 40.6 Å². The number of halogens is 1. The van der Waals surface area contributed by atoms with Gasteiger partial charge >= 0.3 is 0 Å². The molecule has 0 amide bonds. The Morgan fingerprint density at radius 2 is 2.11 bits per heavy atom. The minimum absolute atomic E-state index is 0.181. The van der Waals surface area contributed by atoms with E-state index in [9.17, 15) is 0 Å². The monoisotopic (exact) mass is 309 g/mol. The van der Waals surface area contributed by atoms with Crippen LogP contribution in [0.2, 0.25) is 0 Å². The van der Waals surface area contributed by atoms with Crippen LogP contribution >= 0.6 is 15.9 Å². The molecule has 5 atom stereocenters. The number of nitrogens with zero attached hydrogens (tertiary/aromatic N) is 2. The van der Waals surface area contributed by atoms with Crippen LogP contribution in [0.5, 0.6) is 0 Å². The standard InChI is InChI=1S/C14H20BrN3/c1-2-18-14(9(15)6-17-18)13(16)12-10-7-3-4-8(5-7)11(10)12/h6-8,10-13H,2-5,16H2,1H3. The number of rotatable bonds is 3. The van der Waals surface area contributed by atoms with Gasteiger partial charge in [-0.2, -0.15) is 5.10 Å². The SMILES string of the molecule is CCn1ncc(Br)c1C(N)C1C2C3CCC(C3)C21. The maximum Gasteiger partial charge on any atom is 0.0696 e. The third-order valence-corrected chi connectivity index (χ3v) is 6.27. The lowest BCUT2D eigenvalue weighted by Crippen LogP contribution is -2.21. The summed E-state index contributed by atoms with van der Waals surface area (Å²) in [5, 5.41) is 4.40. The number of hydrogen-bond donors (Lipinski definition) is 1. The largest absolute Gasteiger partial charge is 0.322 e. The molecule has 1 aromatic heterocycles. The molecule has 1 aromatic rings. The third-order valence-electron chi connectivity index (χ3n) is 5.66. The lowest BCUT2D eigenvalue weighted by molar-refractivity contribution is 0.401. The van der Waals surface area contributed by atoms with Crippen LogP contribution in [0.25, 0.3) is 0 Å². The van der Waals surface area contributed by atoms with Crippen LogP contribution in [0.3, 0.4) is 0 Å². The second-order valence-electron chi connectivity index (χ2n) is 6.28. The van der Waals surface area contributed by atoms with E-state index >= 15 is 0 Å². The summed E-state index contributed by atoms with van der Waals surface area (Å²) in [6, 6.07) is 0.181. The van der Waals surface area contributed by atoms with E-state index in [2.05, 4.69) is 32.6 Å². The number of aryl methyl sites for hydroxylation is 1. The highest BCUT2D eigenvalue weighted by Gasteiger charge is 2.66. The van der Waals surface area contributed by atoms with Crippen molar-refractivity contribution in [2.45, 2.75) is 38.8 Å². The molecule has 0 aliphatic heterocycles. The van der Waals surface area contributed by atoms with Crippen molar-refractivity contribution in [3.8, 4) is 0 Å². The van der Waals surface area contributed by atoms with Crippen molar-refractivity contribution in [2.75, 3.05) is 0 Å². The Morgan fingerprint density at radius 1 is 1.44 bits per heavy atom. The number of aromatic nitrogens is 2. The van der Waals surface area contributed by atoms with E-state index < -0.39 is 0 Å². The van der Waals surface area contributed by atoms with Gasteiger partial charge in [0.15, 0.2) is 0 Å². The molecule has 0 saturated heterocycles. The first-order chi connectivity index (χ1) is 8.72. The van der Waals surface area contributed by atoms with Gasteiger partial charge in [-0.1, -0.05) is 0 Å². The van der Waals surface area contributed by atoms with Crippen molar-refractivity contribution in [3.63, 3.8) is 0 Å². The van der Waals surface area contributed by atoms with Gasteiger partial charge in [0.25, 0.3) is 0 Å². The maximum absolute atomic E-state index is 6.57. The summed E-state index contributed by atoms with van der Waals surface area (Å²) in [6.45, 7) is 3.04. The third kappa shape index (κ3) is 1.36. The Balaban J connectivity index is 1.61. The van der Waals surface area contributed by atoms with Gasteiger partial charge in [-0.15, -0.1) is 0 Å². The lowest BCUT2D eigenvalue weighted by atomic mass is 9.96. The van der Waals surface area contributed by atoms with Crippen LogP contribution in [0, 0.1) is 29.6 Å². The number of hydrogen-bond acceptors (Lipinski definition) is 2. The number of nitrogens with two attached hydrogens (primary N) is 1. The Hall–Kier alpha value is -0.350. The molecule has 3 nitrogen and oxygen atoms in total. The highest BCUT2D eigenvalue weighted by molar-refractivity contribution is 9.10. The molecule has 98 valence electrons. The quantitative estimate of drug-likeness (QED) is 0.933. The Morgan fingerprint density at radius 3 is 2.72 bits per heavy atom. The highest BCUT2D eigenvalue weighted by Crippen LogP contribution is 2.71. The van der Waals surface area contributed by atoms with Gasteiger partial charge < -0.3 is 5.73 Å². The van der Waals surface area contributed by atoms with E-state index in [1.807, 2.05) is 6.20 Å². The van der Waals surface area contributed by atoms with Crippen molar-refractivity contribution < 1.29 is 0 Å². The van der Waals surface area contributed by atoms with Crippen molar-refractivity contribution in [2.24, 2.45) is 35.3 Å². The molecule has 4 heteroatoms. The second kappa shape index (κ2) is 3.83. The molecule has 3 fully saturated rings. The van der Waals surface area contributed by atoms with Crippen molar-refractivity contribution >= 4 is 15.9 Å². The highest BCUT2D eigenvalue weighted by atomic mass is 79.9. The molecule has 2 N–H and O–H groups in total. The smallest absolute Gasteiger partial charge is 0.0696 e. The second-order valence-corrected chi connectivity index (χ2v) is 7.14. The van der Waals surface area contributed by atoms with E-state index in [-0.39, 0.29) is 6.04 Å². The summed E-state index contributed by atoms with van der Waals surface area (Å²) in [5.41, 5.74) is 7.79. The number of fused-ring (bicyclic) bond motifs is 5. The first kappa shape index (κ1) is 11.5. The summed E-state index contributed by atoms with van der Waals surface area (Å²) in [6.07, 6.45) is 6.31. The van der Waals surface area contributed by atoms with Crippen LogP contribution in [-0.4, -0.2) is 9.78 Å². The lowest BCUT2D eigenvalue weighted by Gasteiger charge is -2.18. The van der Waals surface area contributed by atoms with Crippen LogP contribution in [0.4, 0.5) is 0 Å². The fourth-order valence-electron chi connectivity index (χ4n) is 5.01. The van der Waals surface area contributed by atoms with Crippen LogP contribution in [-0.2, 0) is 6.54 Å². The molecule has 3 aliphatic rings. The summed E-state index contributed by atoms with van der Waals surface area (Å²) in [4.78, 5) is 0. The molecule has 18 heavy (non-hydrogen) atoms. The van der Waals surface area contributed by atoms with Crippen molar-refractivity contribution in [1.29, 1.82) is 0 Å². The molecule has 0 aromatic carbocycles. The maximum atomic E-state index is 6.57. The minimum atomic E-state index is 0.181.